The Balaban J connectivity index is 2.04. The zero-order chi connectivity index (χ0) is 13.0. The first-order chi connectivity index (χ1) is 8.74. The molecule has 0 bridgehead atoms. The maximum atomic E-state index is 8.83. The van der Waals surface area contributed by atoms with Crippen LogP contribution in [0.5, 0.6) is 0 Å². The van der Waals surface area contributed by atoms with Gasteiger partial charge in [-0.2, -0.15) is 5.26 Å². The van der Waals surface area contributed by atoms with E-state index >= 15 is 0 Å². The first-order valence-electron chi connectivity index (χ1n) is 6.69. The maximum Gasteiger partial charge on any atom is 0.0992 e. The van der Waals surface area contributed by atoms with Gasteiger partial charge in [0.15, 0.2) is 0 Å². The van der Waals surface area contributed by atoms with Crippen LogP contribution in [0.25, 0.3) is 0 Å². The minimum absolute atomic E-state index is 0.629. The van der Waals surface area contributed by atoms with Crippen LogP contribution in [0.15, 0.2) is 18.2 Å². The maximum absolute atomic E-state index is 8.83. The number of nitrogens with zero attached hydrogens (tertiary/aromatic N) is 2. The van der Waals surface area contributed by atoms with Gasteiger partial charge in [-0.3, -0.25) is 0 Å². The van der Waals surface area contributed by atoms with E-state index in [2.05, 4.69) is 17.9 Å². The van der Waals surface area contributed by atoms with Gasteiger partial charge in [-0.15, -0.1) is 0 Å². The molecule has 0 atom stereocenters. The number of rotatable bonds is 3. The molecule has 0 aliphatic carbocycles. The van der Waals surface area contributed by atoms with Crippen LogP contribution in [0.2, 0.25) is 5.02 Å². The average molecular weight is 263 g/mol. The summed E-state index contributed by atoms with van der Waals surface area (Å²) in [7, 11) is 0. The van der Waals surface area contributed by atoms with E-state index in [4.69, 9.17) is 16.9 Å². The normalized spacial score (nSPS) is 16.6. The number of piperidine rings is 1. The molecule has 18 heavy (non-hydrogen) atoms. The van der Waals surface area contributed by atoms with Gasteiger partial charge in [-0.25, -0.2) is 0 Å². The zero-order valence-corrected chi connectivity index (χ0v) is 11.6. The van der Waals surface area contributed by atoms with E-state index in [0.29, 0.717) is 10.6 Å². The molecule has 1 aromatic rings. The molecule has 1 aromatic carbocycles. The third-order valence-corrected chi connectivity index (χ3v) is 4.03. The van der Waals surface area contributed by atoms with Crippen LogP contribution >= 0.6 is 11.6 Å². The van der Waals surface area contributed by atoms with Gasteiger partial charge in [0.2, 0.25) is 0 Å². The minimum Gasteiger partial charge on any atom is -0.370 e. The molecular weight excluding hydrogens is 244 g/mol. The van der Waals surface area contributed by atoms with Crippen molar-refractivity contribution in [1.29, 1.82) is 5.26 Å². The van der Waals surface area contributed by atoms with Crippen molar-refractivity contribution in [2.24, 2.45) is 5.92 Å². The quantitative estimate of drug-likeness (QED) is 0.815. The van der Waals surface area contributed by atoms with E-state index in [1.54, 1.807) is 6.07 Å². The second-order valence-electron chi connectivity index (χ2n) is 5.00. The van der Waals surface area contributed by atoms with Gasteiger partial charge in [-0.05, 0) is 37.0 Å². The van der Waals surface area contributed by atoms with E-state index in [1.165, 1.54) is 25.7 Å². The summed E-state index contributed by atoms with van der Waals surface area (Å²) < 4.78 is 0. The van der Waals surface area contributed by atoms with E-state index in [0.717, 1.165) is 24.7 Å². The smallest absolute Gasteiger partial charge is 0.0992 e. The monoisotopic (exact) mass is 262 g/mol. The van der Waals surface area contributed by atoms with Gasteiger partial charge >= 0.3 is 0 Å². The predicted molar refractivity (Wildman–Crippen MR) is 76.0 cm³/mol. The topological polar surface area (TPSA) is 27.0 Å². The largest absolute Gasteiger partial charge is 0.370 e. The summed E-state index contributed by atoms with van der Waals surface area (Å²) in [5.74, 6) is 0.878. The Hall–Kier alpha value is -1.20. The molecule has 0 unspecified atom stereocenters. The standard InChI is InChI=1S/C15H19ClN2/c1-2-3-12-6-8-18(9-7-12)15-5-4-13(11-17)10-14(15)16/h4-5,10,12H,2-3,6-9H2,1H3. The lowest BCUT2D eigenvalue weighted by Crippen LogP contribution is -2.33. The molecule has 0 saturated carbocycles. The molecule has 1 saturated heterocycles. The fourth-order valence-electron chi connectivity index (χ4n) is 2.70. The average Bonchev–Trinajstić information content (AvgIpc) is 2.40. The third-order valence-electron chi connectivity index (χ3n) is 3.73. The molecule has 1 aliphatic rings. The molecule has 3 heteroatoms. The molecule has 1 fully saturated rings. The molecule has 0 amide bonds. The SMILES string of the molecule is CCCC1CCN(c2ccc(C#N)cc2Cl)CC1. The molecule has 1 heterocycles. The van der Waals surface area contributed by atoms with Crippen LogP contribution in [0.1, 0.15) is 38.2 Å². The fourth-order valence-corrected chi connectivity index (χ4v) is 3.00. The summed E-state index contributed by atoms with van der Waals surface area (Å²) in [4.78, 5) is 2.34. The summed E-state index contributed by atoms with van der Waals surface area (Å²) in [5.41, 5.74) is 1.70. The van der Waals surface area contributed by atoms with Crippen molar-refractivity contribution in [2.45, 2.75) is 32.6 Å². The highest BCUT2D eigenvalue weighted by atomic mass is 35.5. The first-order valence-corrected chi connectivity index (χ1v) is 7.07. The molecular formula is C15H19ClN2. The van der Waals surface area contributed by atoms with Crippen LogP contribution in [0.3, 0.4) is 0 Å². The molecule has 0 aromatic heterocycles. The van der Waals surface area contributed by atoms with E-state index in [9.17, 15) is 0 Å². The lowest BCUT2D eigenvalue weighted by molar-refractivity contribution is 0.378. The van der Waals surface area contributed by atoms with Gasteiger partial charge < -0.3 is 4.90 Å². The summed E-state index contributed by atoms with van der Waals surface area (Å²) >= 11 is 6.25. The molecule has 1 aliphatic heterocycles. The predicted octanol–water partition coefficient (Wildman–Crippen LogP) is 4.23. The first kappa shape index (κ1) is 13.2. The van der Waals surface area contributed by atoms with E-state index < -0.39 is 0 Å². The van der Waals surface area contributed by atoms with Crippen molar-refractivity contribution in [1.82, 2.24) is 0 Å². The van der Waals surface area contributed by atoms with Crippen LogP contribution in [-0.4, -0.2) is 13.1 Å². The number of nitriles is 1. The van der Waals surface area contributed by atoms with Gasteiger partial charge in [0.1, 0.15) is 0 Å². The molecule has 0 N–H and O–H groups in total. The van der Waals surface area contributed by atoms with Gasteiger partial charge in [0.25, 0.3) is 0 Å². The summed E-state index contributed by atoms with van der Waals surface area (Å²) in [6, 6.07) is 7.70. The molecule has 0 radical (unpaired) electrons. The van der Waals surface area contributed by atoms with Crippen LogP contribution in [-0.2, 0) is 0 Å². The van der Waals surface area contributed by atoms with Crippen LogP contribution in [0.4, 0.5) is 5.69 Å². The number of hydrogen-bond donors (Lipinski definition) is 0. The number of halogens is 1. The number of benzene rings is 1. The summed E-state index contributed by atoms with van der Waals surface area (Å²) in [5, 5.41) is 9.53. The second kappa shape index (κ2) is 6.11. The number of hydrogen-bond acceptors (Lipinski definition) is 2. The second-order valence-corrected chi connectivity index (χ2v) is 5.40. The van der Waals surface area contributed by atoms with Crippen molar-refractivity contribution in [3.63, 3.8) is 0 Å². The van der Waals surface area contributed by atoms with Crippen molar-refractivity contribution >= 4 is 17.3 Å². The molecule has 2 nitrogen and oxygen atoms in total. The molecule has 96 valence electrons. The number of anilines is 1. The molecule has 2 rings (SSSR count). The lowest BCUT2D eigenvalue weighted by Gasteiger charge is -2.34. The highest BCUT2D eigenvalue weighted by Crippen LogP contribution is 2.31. The van der Waals surface area contributed by atoms with Crippen molar-refractivity contribution in [3.8, 4) is 6.07 Å². The third kappa shape index (κ3) is 2.97. The Morgan fingerprint density at radius 2 is 2.11 bits per heavy atom. The van der Waals surface area contributed by atoms with Crippen molar-refractivity contribution in [3.05, 3.63) is 28.8 Å². The van der Waals surface area contributed by atoms with Crippen LogP contribution in [0, 0.1) is 17.2 Å². The fraction of sp³-hybridized carbons (Fsp3) is 0.533. The van der Waals surface area contributed by atoms with Crippen molar-refractivity contribution in [2.75, 3.05) is 18.0 Å². The highest BCUT2D eigenvalue weighted by molar-refractivity contribution is 6.33. The Kier molecular flexibility index (Phi) is 4.49. The zero-order valence-electron chi connectivity index (χ0n) is 10.8. The van der Waals surface area contributed by atoms with Crippen LogP contribution < -0.4 is 4.90 Å². The van der Waals surface area contributed by atoms with E-state index in [-0.39, 0.29) is 0 Å². The Labute approximate surface area is 114 Å². The highest BCUT2D eigenvalue weighted by Gasteiger charge is 2.20. The minimum atomic E-state index is 0.629. The summed E-state index contributed by atoms with van der Waals surface area (Å²) in [6.45, 7) is 4.41. The lowest BCUT2D eigenvalue weighted by atomic mass is 9.92. The van der Waals surface area contributed by atoms with Gasteiger partial charge in [0, 0.05) is 13.1 Å². The molecule has 0 spiro atoms. The van der Waals surface area contributed by atoms with Gasteiger partial charge in [-0.1, -0.05) is 31.4 Å². The Bertz CT molecular complexity index is 442. The van der Waals surface area contributed by atoms with Crippen molar-refractivity contribution < 1.29 is 0 Å². The van der Waals surface area contributed by atoms with E-state index in [1.807, 2.05) is 12.1 Å². The Morgan fingerprint density at radius 3 is 2.67 bits per heavy atom. The Morgan fingerprint density at radius 1 is 1.39 bits per heavy atom. The summed E-state index contributed by atoms with van der Waals surface area (Å²) in [6.07, 6.45) is 5.13. The van der Waals surface area contributed by atoms with Gasteiger partial charge in [0.05, 0.1) is 22.3 Å².